The molecular weight excluding hydrogens is 376 g/mol. The van der Waals surface area contributed by atoms with E-state index in [-0.39, 0.29) is 11.7 Å². The molecule has 2 N–H and O–H groups in total. The fourth-order valence-electron chi connectivity index (χ4n) is 2.60. The van der Waals surface area contributed by atoms with Crippen molar-refractivity contribution in [2.75, 3.05) is 5.75 Å². The number of carbonyl (C=O) groups is 1. The first-order valence-corrected chi connectivity index (χ1v) is 10.9. The number of aryl methyl sites for hydroxylation is 1. The Bertz CT molecular complexity index is 879. The molecule has 5 nitrogen and oxygen atoms in total. The van der Waals surface area contributed by atoms with Crippen molar-refractivity contribution in [2.24, 2.45) is 5.73 Å². The first-order chi connectivity index (χ1) is 13.2. The number of rotatable bonds is 9. The number of primary amides is 1. The molecule has 1 heterocycles. The molecule has 0 aliphatic carbocycles. The van der Waals surface area contributed by atoms with Crippen LogP contribution in [-0.2, 0) is 22.7 Å². The number of hydrogen-bond donors (Lipinski definition) is 1. The maximum Gasteiger partial charge on any atom is 0.227 e. The van der Waals surface area contributed by atoms with Crippen LogP contribution in [0.2, 0.25) is 0 Å². The number of nitrogens with zero attached hydrogens (tertiary/aromatic N) is 3. The van der Waals surface area contributed by atoms with Crippen molar-refractivity contribution < 1.29 is 4.79 Å². The molecule has 0 aliphatic rings. The van der Waals surface area contributed by atoms with Crippen LogP contribution >= 0.6 is 23.5 Å². The molecule has 0 saturated heterocycles. The first kappa shape index (κ1) is 19.5. The SMILES string of the molecule is CCc1ccc(-n2c(CSCc3ccccc3)nnc2SCC(N)=O)cc1. The zero-order valence-electron chi connectivity index (χ0n) is 15.2. The highest BCUT2D eigenvalue weighted by Gasteiger charge is 2.15. The fraction of sp³-hybridized carbons (Fsp3) is 0.250. The van der Waals surface area contributed by atoms with Crippen molar-refractivity contribution in [3.8, 4) is 5.69 Å². The lowest BCUT2D eigenvalue weighted by Crippen LogP contribution is -2.14. The van der Waals surface area contributed by atoms with E-state index >= 15 is 0 Å². The van der Waals surface area contributed by atoms with Gasteiger partial charge in [0, 0.05) is 11.4 Å². The van der Waals surface area contributed by atoms with Gasteiger partial charge in [0.05, 0.1) is 11.5 Å². The highest BCUT2D eigenvalue weighted by atomic mass is 32.2. The minimum Gasteiger partial charge on any atom is -0.369 e. The molecule has 0 atom stereocenters. The summed E-state index contributed by atoms with van der Waals surface area (Å²) in [6, 6.07) is 18.7. The van der Waals surface area contributed by atoms with Gasteiger partial charge in [0.15, 0.2) is 5.16 Å². The van der Waals surface area contributed by atoms with Crippen LogP contribution in [0, 0.1) is 0 Å². The third-order valence-electron chi connectivity index (χ3n) is 3.99. The lowest BCUT2D eigenvalue weighted by molar-refractivity contribution is -0.115. The van der Waals surface area contributed by atoms with Crippen LogP contribution in [-0.4, -0.2) is 26.4 Å². The highest BCUT2D eigenvalue weighted by Crippen LogP contribution is 2.25. The molecule has 1 aromatic heterocycles. The second kappa shape index (κ2) is 9.62. The third-order valence-corrected chi connectivity index (χ3v) is 5.94. The fourth-order valence-corrected chi connectivity index (χ4v) is 4.21. The van der Waals surface area contributed by atoms with Crippen LogP contribution in [0.5, 0.6) is 0 Å². The van der Waals surface area contributed by atoms with Gasteiger partial charge in [-0.05, 0) is 29.7 Å². The molecule has 27 heavy (non-hydrogen) atoms. The van der Waals surface area contributed by atoms with Gasteiger partial charge in [-0.25, -0.2) is 0 Å². The van der Waals surface area contributed by atoms with E-state index in [2.05, 4.69) is 53.5 Å². The van der Waals surface area contributed by atoms with Crippen LogP contribution in [0.25, 0.3) is 5.69 Å². The van der Waals surface area contributed by atoms with E-state index in [0.29, 0.717) is 5.16 Å². The summed E-state index contributed by atoms with van der Waals surface area (Å²) in [7, 11) is 0. The third kappa shape index (κ3) is 5.37. The quantitative estimate of drug-likeness (QED) is 0.554. The van der Waals surface area contributed by atoms with E-state index in [1.165, 1.54) is 22.9 Å². The van der Waals surface area contributed by atoms with Gasteiger partial charge in [0.1, 0.15) is 5.82 Å². The van der Waals surface area contributed by atoms with Crippen molar-refractivity contribution in [1.29, 1.82) is 0 Å². The topological polar surface area (TPSA) is 73.8 Å². The zero-order valence-corrected chi connectivity index (χ0v) is 16.8. The lowest BCUT2D eigenvalue weighted by Gasteiger charge is -2.10. The Hall–Kier alpha value is -2.25. The van der Waals surface area contributed by atoms with Gasteiger partial charge in [-0.2, -0.15) is 0 Å². The summed E-state index contributed by atoms with van der Waals surface area (Å²) in [6.45, 7) is 2.13. The van der Waals surface area contributed by atoms with Crippen LogP contribution in [0.3, 0.4) is 0 Å². The Morgan fingerprint density at radius 2 is 1.74 bits per heavy atom. The average molecular weight is 399 g/mol. The van der Waals surface area contributed by atoms with Crippen LogP contribution in [0.1, 0.15) is 23.9 Å². The molecule has 0 unspecified atom stereocenters. The Kier molecular flexibility index (Phi) is 6.95. The number of aromatic nitrogens is 3. The van der Waals surface area contributed by atoms with Crippen molar-refractivity contribution in [1.82, 2.24) is 14.8 Å². The number of benzene rings is 2. The molecule has 3 rings (SSSR count). The Morgan fingerprint density at radius 3 is 2.41 bits per heavy atom. The Labute approximate surface area is 167 Å². The molecule has 0 bridgehead atoms. The highest BCUT2D eigenvalue weighted by molar-refractivity contribution is 7.99. The molecule has 0 aliphatic heterocycles. The van der Waals surface area contributed by atoms with Gasteiger partial charge < -0.3 is 5.73 Å². The predicted molar refractivity (Wildman–Crippen MR) is 112 cm³/mol. The summed E-state index contributed by atoms with van der Waals surface area (Å²) in [5.74, 6) is 2.33. The minimum atomic E-state index is -0.365. The number of amides is 1. The van der Waals surface area contributed by atoms with E-state index in [4.69, 9.17) is 5.73 Å². The summed E-state index contributed by atoms with van der Waals surface area (Å²) >= 11 is 3.11. The molecule has 2 aromatic carbocycles. The Morgan fingerprint density at radius 1 is 1.00 bits per heavy atom. The van der Waals surface area contributed by atoms with Crippen molar-refractivity contribution >= 4 is 29.4 Å². The number of thioether (sulfide) groups is 2. The van der Waals surface area contributed by atoms with Crippen molar-refractivity contribution in [3.05, 3.63) is 71.5 Å². The lowest BCUT2D eigenvalue weighted by atomic mass is 10.1. The molecule has 0 saturated carbocycles. The first-order valence-electron chi connectivity index (χ1n) is 8.73. The number of hydrogen-bond acceptors (Lipinski definition) is 5. The second-order valence-corrected chi connectivity index (χ2v) is 7.92. The second-order valence-electron chi connectivity index (χ2n) is 5.99. The predicted octanol–water partition coefficient (Wildman–Crippen LogP) is 3.84. The monoisotopic (exact) mass is 398 g/mol. The molecule has 0 spiro atoms. The van der Waals surface area contributed by atoms with Crippen LogP contribution in [0.4, 0.5) is 0 Å². The smallest absolute Gasteiger partial charge is 0.227 e. The molecule has 3 aromatic rings. The zero-order chi connectivity index (χ0) is 19.1. The summed E-state index contributed by atoms with van der Waals surface area (Å²) in [5, 5.41) is 9.34. The van der Waals surface area contributed by atoms with Gasteiger partial charge >= 0.3 is 0 Å². The molecule has 0 radical (unpaired) electrons. The summed E-state index contributed by atoms with van der Waals surface area (Å²) in [4.78, 5) is 11.2. The number of carbonyl (C=O) groups excluding carboxylic acids is 1. The van der Waals surface area contributed by atoms with E-state index in [1.807, 2.05) is 22.8 Å². The Balaban J connectivity index is 1.80. The largest absolute Gasteiger partial charge is 0.369 e. The molecule has 7 heteroatoms. The van der Waals surface area contributed by atoms with E-state index in [0.717, 1.165) is 29.4 Å². The summed E-state index contributed by atoms with van der Waals surface area (Å²) in [6.07, 6.45) is 0.992. The van der Waals surface area contributed by atoms with Gasteiger partial charge in [0.25, 0.3) is 0 Å². The summed E-state index contributed by atoms with van der Waals surface area (Å²) < 4.78 is 2.02. The van der Waals surface area contributed by atoms with Crippen molar-refractivity contribution in [2.45, 2.75) is 30.0 Å². The van der Waals surface area contributed by atoms with Crippen LogP contribution in [0.15, 0.2) is 59.8 Å². The number of nitrogens with two attached hydrogens (primary N) is 1. The van der Waals surface area contributed by atoms with E-state index in [9.17, 15) is 4.79 Å². The van der Waals surface area contributed by atoms with Gasteiger partial charge in [-0.15, -0.1) is 22.0 Å². The van der Waals surface area contributed by atoms with E-state index in [1.54, 1.807) is 11.8 Å². The maximum absolute atomic E-state index is 11.2. The van der Waals surface area contributed by atoms with Gasteiger partial charge in [-0.1, -0.05) is 61.2 Å². The van der Waals surface area contributed by atoms with Gasteiger partial charge in [0.2, 0.25) is 5.91 Å². The molecule has 1 amide bonds. The standard InChI is InChI=1S/C20H22N4OS2/c1-2-15-8-10-17(11-9-15)24-19(22-23-20(24)27-13-18(21)25)14-26-12-16-6-4-3-5-7-16/h3-11H,2,12-14H2,1H3,(H2,21,25). The molecular formula is C20H22N4OS2. The average Bonchev–Trinajstić information content (AvgIpc) is 3.10. The maximum atomic E-state index is 11.2. The molecule has 140 valence electrons. The normalized spacial score (nSPS) is 10.9. The van der Waals surface area contributed by atoms with Crippen molar-refractivity contribution in [3.63, 3.8) is 0 Å². The summed E-state index contributed by atoms with van der Waals surface area (Å²) in [5.41, 5.74) is 8.85. The van der Waals surface area contributed by atoms with E-state index < -0.39 is 0 Å². The van der Waals surface area contributed by atoms with Gasteiger partial charge in [-0.3, -0.25) is 9.36 Å². The molecule has 0 fully saturated rings. The van der Waals surface area contributed by atoms with Crippen LogP contribution < -0.4 is 5.73 Å². The minimum absolute atomic E-state index is 0.183.